The third-order valence-corrected chi connectivity index (χ3v) is 5.72. The number of carbonyl (C=O) groups is 3. The van der Waals surface area contributed by atoms with Gasteiger partial charge in [0.1, 0.15) is 0 Å². The Morgan fingerprint density at radius 3 is 2.11 bits per heavy atom. The summed E-state index contributed by atoms with van der Waals surface area (Å²) in [5.74, 6) is -2.19. The molecular weight excluding hydrogens is 460 g/mol. The van der Waals surface area contributed by atoms with Crippen LogP contribution >= 0.6 is 0 Å². The van der Waals surface area contributed by atoms with E-state index in [1.54, 1.807) is 40.7 Å². The van der Waals surface area contributed by atoms with Gasteiger partial charge < -0.3 is 24.4 Å². The van der Waals surface area contributed by atoms with Crippen LogP contribution < -0.4 is 5.32 Å². The van der Waals surface area contributed by atoms with Gasteiger partial charge in [0.2, 0.25) is 0 Å². The van der Waals surface area contributed by atoms with Crippen molar-refractivity contribution in [3.63, 3.8) is 0 Å². The van der Waals surface area contributed by atoms with Crippen LogP contribution in [0.4, 0.5) is 0 Å². The first-order valence-corrected chi connectivity index (χ1v) is 12.3. The lowest BCUT2D eigenvalue weighted by molar-refractivity contribution is -0.140. The van der Waals surface area contributed by atoms with Crippen LogP contribution in [0.15, 0.2) is 52.4 Å². The fourth-order valence-electron chi connectivity index (χ4n) is 4.11. The van der Waals surface area contributed by atoms with E-state index in [0.29, 0.717) is 52.2 Å². The molecule has 0 amide bonds. The second kappa shape index (κ2) is 13.6. The van der Waals surface area contributed by atoms with Gasteiger partial charge in [0, 0.05) is 29.9 Å². The summed E-state index contributed by atoms with van der Waals surface area (Å²) in [5.41, 5.74) is 3.80. The van der Waals surface area contributed by atoms with Gasteiger partial charge in [-0.2, -0.15) is 0 Å². The molecule has 8 nitrogen and oxygen atoms in total. The van der Waals surface area contributed by atoms with Crippen molar-refractivity contribution in [1.29, 1.82) is 0 Å². The lowest BCUT2D eigenvalue weighted by atomic mass is 9.77. The zero-order valence-corrected chi connectivity index (χ0v) is 22.4. The number of nitrogens with zero attached hydrogens (tertiary/aromatic N) is 1. The molecule has 1 aromatic rings. The molecule has 8 heteroatoms. The summed E-state index contributed by atoms with van der Waals surface area (Å²) in [6.07, 6.45) is 2.26. The summed E-state index contributed by atoms with van der Waals surface area (Å²) in [4.78, 5) is 41.0. The lowest BCUT2D eigenvalue weighted by Gasteiger charge is -2.32. The standard InChI is InChI=1S/C28H38N2O6/c1-8-34-26(31)18(4)17-20-13-11-12-14-21(20)24-23(27(32)35-9-2)19(5)29-22(15-16-30(6)7)25(24)28(33)36-10-3/h11-14,17,24,29H,8-10,15-16H2,1-7H3. The molecule has 0 bridgehead atoms. The predicted molar refractivity (Wildman–Crippen MR) is 139 cm³/mol. The molecule has 1 N–H and O–H groups in total. The summed E-state index contributed by atoms with van der Waals surface area (Å²) < 4.78 is 16.0. The highest BCUT2D eigenvalue weighted by Gasteiger charge is 2.39. The van der Waals surface area contributed by atoms with Crippen LogP contribution in [0.1, 0.15) is 58.1 Å². The SMILES string of the molecule is CCOC(=O)C(C)=Cc1ccccc1C1C(C(=O)OCC)=C(C)NC(CCN(C)C)=C1C(=O)OCC. The second-order valence-corrected chi connectivity index (χ2v) is 8.66. The van der Waals surface area contributed by atoms with Crippen LogP contribution in [0, 0.1) is 0 Å². The number of nitrogens with one attached hydrogen (secondary N) is 1. The third kappa shape index (κ3) is 7.07. The Balaban J connectivity index is 2.82. The minimum atomic E-state index is -0.746. The quantitative estimate of drug-likeness (QED) is 0.279. The van der Waals surface area contributed by atoms with Crippen LogP contribution in [0.5, 0.6) is 0 Å². The molecule has 0 radical (unpaired) electrons. The Kier molecular flexibility index (Phi) is 10.9. The molecule has 1 aromatic carbocycles. The zero-order valence-electron chi connectivity index (χ0n) is 22.4. The Labute approximate surface area is 214 Å². The van der Waals surface area contributed by atoms with E-state index < -0.39 is 23.8 Å². The van der Waals surface area contributed by atoms with Gasteiger partial charge in [0.25, 0.3) is 0 Å². The molecule has 0 spiro atoms. The maximum Gasteiger partial charge on any atom is 0.336 e. The van der Waals surface area contributed by atoms with Crippen LogP contribution in [-0.2, 0) is 28.6 Å². The first-order chi connectivity index (χ1) is 17.2. The second-order valence-electron chi connectivity index (χ2n) is 8.66. The van der Waals surface area contributed by atoms with Gasteiger partial charge in [-0.1, -0.05) is 24.3 Å². The highest BCUT2D eigenvalue weighted by Crippen LogP contribution is 2.41. The van der Waals surface area contributed by atoms with Gasteiger partial charge in [-0.25, -0.2) is 14.4 Å². The van der Waals surface area contributed by atoms with Crippen LogP contribution in [0.25, 0.3) is 6.08 Å². The van der Waals surface area contributed by atoms with Crippen molar-refractivity contribution >= 4 is 24.0 Å². The number of dihydropyridines is 1. The van der Waals surface area contributed by atoms with Crippen LogP contribution in [0.3, 0.4) is 0 Å². The molecule has 0 fully saturated rings. The molecule has 1 unspecified atom stereocenters. The molecule has 1 atom stereocenters. The number of hydrogen-bond acceptors (Lipinski definition) is 8. The van der Waals surface area contributed by atoms with E-state index in [1.807, 2.05) is 43.3 Å². The Morgan fingerprint density at radius 1 is 0.944 bits per heavy atom. The third-order valence-electron chi connectivity index (χ3n) is 5.72. The zero-order chi connectivity index (χ0) is 26.8. The Hall–Kier alpha value is -3.39. The first kappa shape index (κ1) is 28.8. The smallest absolute Gasteiger partial charge is 0.336 e. The molecule has 1 aliphatic heterocycles. The largest absolute Gasteiger partial charge is 0.463 e. The van der Waals surface area contributed by atoms with Crippen LogP contribution in [-0.4, -0.2) is 63.3 Å². The molecule has 0 saturated heterocycles. The van der Waals surface area contributed by atoms with E-state index in [1.165, 1.54) is 0 Å². The maximum absolute atomic E-state index is 13.4. The number of benzene rings is 1. The molecule has 36 heavy (non-hydrogen) atoms. The van der Waals surface area contributed by atoms with E-state index in [-0.39, 0.29) is 19.8 Å². The number of hydrogen-bond donors (Lipinski definition) is 1. The molecule has 1 heterocycles. The number of allylic oxidation sites excluding steroid dienone is 1. The molecule has 0 saturated carbocycles. The molecular formula is C28H38N2O6. The highest BCUT2D eigenvalue weighted by atomic mass is 16.5. The van der Waals surface area contributed by atoms with Crippen molar-refractivity contribution in [3.8, 4) is 0 Å². The van der Waals surface area contributed by atoms with Gasteiger partial charge >= 0.3 is 17.9 Å². The predicted octanol–water partition coefficient (Wildman–Crippen LogP) is 3.95. The van der Waals surface area contributed by atoms with E-state index >= 15 is 0 Å². The summed E-state index contributed by atoms with van der Waals surface area (Å²) in [5, 5.41) is 3.29. The molecule has 2 rings (SSSR count). The monoisotopic (exact) mass is 498 g/mol. The van der Waals surface area contributed by atoms with E-state index in [4.69, 9.17) is 14.2 Å². The van der Waals surface area contributed by atoms with E-state index in [2.05, 4.69) is 5.32 Å². The molecule has 0 aliphatic carbocycles. The maximum atomic E-state index is 13.4. The van der Waals surface area contributed by atoms with Crippen molar-refractivity contribution in [2.75, 3.05) is 40.5 Å². The van der Waals surface area contributed by atoms with E-state index in [0.717, 1.165) is 0 Å². The Bertz CT molecular complexity index is 1070. The summed E-state index contributed by atoms with van der Waals surface area (Å²) >= 11 is 0. The normalized spacial score (nSPS) is 16.1. The van der Waals surface area contributed by atoms with Gasteiger partial charge in [0.15, 0.2) is 0 Å². The van der Waals surface area contributed by atoms with Gasteiger partial charge in [-0.3, -0.25) is 0 Å². The minimum Gasteiger partial charge on any atom is -0.463 e. The van der Waals surface area contributed by atoms with Gasteiger partial charge in [0.05, 0.1) is 36.9 Å². The summed E-state index contributed by atoms with van der Waals surface area (Å²) in [6.45, 7) is 10.0. The number of carbonyl (C=O) groups excluding carboxylic acids is 3. The lowest BCUT2D eigenvalue weighted by Crippen LogP contribution is -2.34. The fourth-order valence-corrected chi connectivity index (χ4v) is 4.11. The first-order valence-electron chi connectivity index (χ1n) is 12.3. The molecule has 0 aromatic heterocycles. The molecule has 196 valence electrons. The topological polar surface area (TPSA) is 94.2 Å². The highest BCUT2D eigenvalue weighted by molar-refractivity contribution is 6.00. The summed E-state index contributed by atoms with van der Waals surface area (Å²) in [6, 6.07) is 7.39. The number of rotatable bonds is 11. The number of ether oxygens (including phenoxy) is 3. The Morgan fingerprint density at radius 2 is 1.53 bits per heavy atom. The average Bonchev–Trinajstić information content (AvgIpc) is 2.82. The van der Waals surface area contributed by atoms with Gasteiger partial charge in [-0.05, 0) is 65.9 Å². The molecule has 1 aliphatic rings. The van der Waals surface area contributed by atoms with Crippen molar-refractivity contribution in [2.45, 2.75) is 47.0 Å². The van der Waals surface area contributed by atoms with Crippen molar-refractivity contribution in [2.24, 2.45) is 0 Å². The number of esters is 3. The van der Waals surface area contributed by atoms with Crippen molar-refractivity contribution in [3.05, 3.63) is 63.5 Å². The van der Waals surface area contributed by atoms with Crippen LogP contribution in [0.2, 0.25) is 0 Å². The van der Waals surface area contributed by atoms with Crippen molar-refractivity contribution in [1.82, 2.24) is 10.2 Å². The minimum absolute atomic E-state index is 0.191. The summed E-state index contributed by atoms with van der Waals surface area (Å²) in [7, 11) is 3.91. The fraction of sp³-hybridized carbons (Fsp3) is 0.464. The van der Waals surface area contributed by atoms with Gasteiger partial charge in [-0.15, -0.1) is 0 Å². The van der Waals surface area contributed by atoms with E-state index in [9.17, 15) is 14.4 Å². The average molecular weight is 499 g/mol. The van der Waals surface area contributed by atoms with Crippen molar-refractivity contribution < 1.29 is 28.6 Å².